The van der Waals surface area contributed by atoms with Crippen LogP contribution in [0.15, 0.2) is 17.5 Å². The number of carbonyl (C=O) groups is 1. The molecular formula is C12H15Cl3N2O2S. The summed E-state index contributed by atoms with van der Waals surface area (Å²) in [5.41, 5.74) is 0. The van der Waals surface area contributed by atoms with Crippen molar-refractivity contribution < 1.29 is 9.53 Å². The summed E-state index contributed by atoms with van der Waals surface area (Å²) in [6, 6.07) is 3.51. The Morgan fingerprint density at radius 2 is 2.35 bits per heavy atom. The van der Waals surface area contributed by atoms with Gasteiger partial charge < -0.3 is 10.1 Å². The molecule has 112 valence electrons. The van der Waals surface area contributed by atoms with Crippen LogP contribution in [-0.2, 0) is 4.74 Å². The molecule has 0 radical (unpaired) electrons. The summed E-state index contributed by atoms with van der Waals surface area (Å²) in [6.45, 7) is 1.29. The van der Waals surface area contributed by atoms with Crippen molar-refractivity contribution in [1.29, 1.82) is 0 Å². The molecule has 8 heteroatoms. The van der Waals surface area contributed by atoms with Crippen LogP contribution in [0, 0.1) is 0 Å². The lowest BCUT2D eigenvalue weighted by atomic mass is 10.2. The van der Waals surface area contributed by atoms with Crippen molar-refractivity contribution in [2.75, 3.05) is 13.2 Å². The number of hydrogen-bond acceptors (Lipinski definition) is 4. The lowest BCUT2D eigenvalue weighted by Gasteiger charge is -2.27. The highest BCUT2D eigenvalue weighted by Gasteiger charge is 2.34. The molecule has 1 aromatic heterocycles. The monoisotopic (exact) mass is 356 g/mol. The number of amides is 1. The standard InChI is InChI=1S/C12H15Cl3N2O2S/c13-12(14,15)11(16-7-8-3-1-5-19-8)17-10(18)9-4-2-6-20-9/h2,4,6,8,11,16H,1,3,5,7H2,(H,17,18). The van der Waals surface area contributed by atoms with E-state index < -0.39 is 9.96 Å². The molecule has 0 saturated carbocycles. The average Bonchev–Trinajstić information content (AvgIpc) is 3.04. The van der Waals surface area contributed by atoms with Gasteiger partial charge in [-0.25, -0.2) is 0 Å². The van der Waals surface area contributed by atoms with Crippen LogP contribution in [0.1, 0.15) is 22.5 Å². The van der Waals surface area contributed by atoms with Crippen molar-refractivity contribution in [3.05, 3.63) is 22.4 Å². The molecule has 1 aromatic rings. The van der Waals surface area contributed by atoms with Crippen LogP contribution in [0.3, 0.4) is 0 Å². The smallest absolute Gasteiger partial charge is 0.262 e. The maximum absolute atomic E-state index is 12.0. The second kappa shape index (κ2) is 7.29. The van der Waals surface area contributed by atoms with Crippen LogP contribution < -0.4 is 10.6 Å². The third-order valence-corrected chi connectivity index (χ3v) is 4.44. The van der Waals surface area contributed by atoms with Crippen molar-refractivity contribution in [3.8, 4) is 0 Å². The van der Waals surface area contributed by atoms with Gasteiger partial charge in [-0.1, -0.05) is 40.9 Å². The minimum Gasteiger partial charge on any atom is -0.377 e. The third-order valence-electron chi connectivity index (χ3n) is 2.92. The summed E-state index contributed by atoms with van der Waals surface area (Å²) >= 11 is 19.1. The van der Waals surface area contributed by atoms with Crippen LogP contribution in [0.4, 0.5) is 0 Å². The maximum Gasteiger partial charge on any atom is 0.262 e. The third kappa shape index (κ3) is 4.76. The van der Waals surface area contributed by atoms with Gasteiger partial charge in [0.2, 0.25) is 3.79 Å². The summed E-state index contributed by atoms with van der Waals surface area (Å²) in [7, 11) is 0. The Bertz CT molecular complexity index is 430. The number of thiophene rings is 1. The number of nitrogens with one attached hydrogen (secondary N) is 2. The lowest BCUT2D eigenvalue weighted by Crippen LogP contribution is -2.54. The Morgan fingerprint density at radius 3 is 2.90 bits per heavy atom. The Morgan fingerprint density at radius 1 is 1.55 bits per heavy atom. The number of alkyl halides is 3. The first-order valence-electron chi connectivity index (χ1n) is 6.23. The fourth-order valence-electron chi connectivity index (χ4n) is 1.91. The minimum absolute atomic E-state index is 0.100. The Kier molecular flexibility index (Phi) is 5.95. The summed E-state index contributed by atoms with van der Waals surface area (Å²) < 4.78 is 3.86. The Labute approximate surface area is 136 Å². The van der Waals surface area contributed by atoms with Crippen LogP contribution in [0.2, 0.25) is 0 Å². The number of rotatable bonds is 5. The molecule has 20 heavy (non-hydrogen) atoms. The van der Waals surface area contributed by atoms with Gasteiger partial charge in [0.15, 0.2) is 0 Å². The van der Waals surface area contributed by atoms with Gasteiger partial charge in [0.1, 0.15) is 6.17 Å². The maximum atomic E-state index is 12.0. The number of carbonyl (C=O) groups excluding carboxylic acids is 1. The van der Waals surface area contributed by atoms with Gasteiger partial charge in [0.05, 0.1) is 11.0 Å². The van der Waals surface area contributed by atoms with Crippen molar-refractivity contribution in [2.45, 2.75) is 28.9 Å². The summed E-state index contributed by atoms with van der Waals surface area (Å²) in [5.74, 6) is -0.267. The molecule has 2 N–H and O–H groups in total. The predicted molar refractivity (Wildman–Crippen MR) is 82.8 cm³/mol. The number of halogens is 3. The fraction of sp³-hybridized carbons (Fsp3) is 0.583. The molecular weight excluding hydrogens is 343 g/mol. The molecule has 2 rings (SSSR count). The molecule has 1 saturated heterocycles. The number of hydrogen-bond donors (Lipinski definition) is 2. The van der Waals surface area contributed by atoms with Crippen LogP contribution in [0.25, 0.3) is 0 Å². The molecule has 1 aliphatic rings. The van der Waals surface area contributed by atoms with Gasteiger partial charge in [-0.15, -0.1) is 11.3 Å². The topological polar surface area (TPSA) is 50.4 Å². The van der Waals surface area contributed by atoms with Crippen LogP contribution in [0.5, 0.6) is 0 Å². The molecule has 2 unspecified atom stereocenters. The first-order valence-corrected chi connectivity index (χ1v) is 8.24. The van der Waals surface area contributed by atoms with E-state index in [0.29, 0.717) is 11.4 Å². The van der Waals surface area contributed by atoms with E-state index in [1.165, 1.54) is 11.3 Å². The van der Waals surface area contributed by atoms with Gasteiger partial charge in [0.25, 0.3) is 5.91 Å². The molecule has 0 aromatic carbocycles. The minimum atomic E-state index is -1.63. The van der Waals surface area contributed by atoms with Gasteiger partial charge in [0, 0.05) is 13.2 Å². The second-order valence-corrected chi connectivity index (χ2v) is 7.79. The van der Waals surface area contributed by atoms with E-state index in [1.54, 1.807) is 12.1 Å². The molecule has 0 aliphatic carbocycles. The van der Waals surface area contributed by atoms with Gasteiger partial charge in [-0.3, -0.25) is 10.1 Å². The molecule has 2 heterocycles. The molecule has 4 nitrogen and oxygen atoms in total. The van der Waals surface area contributed by atoms with Crippen molar-refractivity contribution in [1.82, 2.24) is 10.6 Å². The highest BCUT2D eigenvalue weighted by atomic mass is 35.6. The summed E-state index contributed by atoms with van der Waals surface area (Å²) in [4.78, 5) is 12.6. The van der Waals surface area contributed by atoms with E-state index in [4.69, 9.17) is 39.5 Å². The van der Waals surface area contributed by atoms with E-state index >= 15 is 0 Å². The van der Waals surface area contributed by atoms with E-state index in [-0.39, 0.29) is 12.0 Å². The average molecular weight is 358 g/mol. The van der Waals surface area contributed by atoms with E-state index in [0.717, 1.165) is 19.4 Å². The molecule has 1 fully saturated rings. The highest BCUT2D eigenvalue weighted by molar-refractivity contribution is 7.12. The number of ether oxygens (including phenoxy) is 1. The first-order chi connectivity index (χ1) is 9.47. The first kappa shape index (κ1) is 16.3. The summed E-state index contributed by atoms with van der Waals surface area (Å²) in [5, 5.41) is 7.56. The van der Waals surface area contributed by atoms with E-state index in [2.05, 4.69) is 10.6 Å². The largest absolute Gasteiger partial charge is 0.377 e. The van der Waals surface area contributed by atoms with Crippen molar-refractivity contribution >= 4 is 52.0 Å². The van der Waals surface area contributed by atoms with Gasteiger partial charge in [-0.2, -0.15) is 0 Å². The SMILES string of the molecule is O=C(NC(NCC1CCCO1)C(Cl)(Cl)Cl)c1cccs1. The Hall–Kier alpha value is -0.0400. The zero-order valence-electron chi connectivity index (χ0n) is 10.6. The molecule has 2 atom stereocenters. The predicted octanol–water partition coefficient (Wildman–Crippen LogP) is 2.94. The van der Waals surface area contributed by atoms with Crippen LogP contribution >= 0.6 is 46.1 Å². The normalized spacial score (nSPS) is 20.9. The zero-order valence-corrected chi connectivity index (χ0v) is 13.7. The molecule has 1 amide bonds. The zero-order chi connectivity index (χ0) is 14.6. The Balaban J connectivity index is 1.91. The summed E-state index contributed by atoms with van der Waals surface area (Å²) in [6.07, 6.45) is 1.33. The molecule has 0 bridgehead atoms. The van der Waals surface area contributed by atoms with Crippen molar-refractivity contribution in [3.63, 3.8) is 0 Å². The quantitative estimate of drug-likeness (QED) is 0.629. The second-order valence-electron chi connectivity index (χ2n) is 4.47. The van der Waals surface area contributed by atoms with Gasteiger partial charge >= 0.3 is 0 Å². The van der Waals surface area contributed by atoms with Gasteiger partial charge in [-0.05, 0) is 24.3 Å². The van der Waals surface area contributed by atoms with Crippen molar-refractivity contribution in [2.24, 2.45) is 0 Å². The van der Waals surface area contributed by atoms with E-state index in [9.17, 15) is 4.79 Å². The van der Waals surface area contributed by atoms with Crippen LogP contribution in [-0.4, -0.2) is 35.1 Å². The van der Waals surface area contributed by atoms with E-state index in [1.807, 2.05) is 5.38 Å². The molecule has 0 spiro atoms. The lowest BCUT2D eigenvalue weighted by molar-refractivity contribution is 0.0900. The highest BCUT2D eigenvalue weighted by Crippen LogP contribution is 2.29. The fourth-order valence-corrected chi connectivity index (χ4v) is 2.94. The molecule has 1 aliphatic heterocycles.